The van der Waals surface area contributed by atoms with E-state index in [1.54, 1.807) is 18.5 Å². The molecule has 0 spiro atoms. The number of aromatic nitrogens is 2. The Morgan fingerprint density at radius 3 is 1.89 bits per heavy atom. The lowest BCUT2D eigenvalue weighted by Gasteiger charge is -2.30. The van der Waals surface area contributed by atoms with Crippen LogP contribution in [0.15, 0.2) is 89.4 Å². The predicted octanol–water partition coefficient (Wildman–Crippen LogP) is 4.90. The minimum absolute atomic E-state index is 0.217. The first-order chi connectivity index (χ1) is 17.0. The van der Waals surface area contributed by atoms with Gasteiger partial charge in [-0.3, -0.25) is 0 Å². The van der Waals surface area contributed by atoms with Crippen molar-refractivity contribution in [2.75, 3.05) is 13.2 Å². The monoisotopic (exact) mass is 471 g/mol. The van der Waals surface area contributed by atoms with Gasteiger partial charge in [-0.25, -0.2) is 14.3 Å². The molecule has 2 aromatic carbocycles. The second kappa shape index (κ2) is 10.4. The van der Waals surface area contributed by atoms with Gasteiger partial charge in [0.2, 0.25) is 0 Å². The Balaban J connectivity index is 2.00. The average Bonchev–Trinajstić information content (AvgIpc) is 3.30. The van der Waals surface area contributed by atoms with Crippen LogP contribution in [0.5, 0.6) is 0 Å². The fourth-order valence-electron chi connectivity index (χ4n) is 4.40. The van der Waals surface area contributed by atoms with Gasteiger partial charge in [0.05, 0.1) is 41.7 Å². The van der Waals surface area contributed by atoms with Gasteiger partial charge >= 0.3 is 11.9 Å². The van der Waals surface area contributed by atoms with Crippen molar-refractivity contribution in [2.24, 2.45) is 0 Å². The van der Waals surface area contributed by atoms with Gasteiger partial charge in [-0.1, -0.05) is 48.5 Å². The molecule has 1 N–H and O–H groups in total. The smallest absolute Gasteiger partial charge is 0.336 e. The molecule has 0 unspecified atom stereocenters. The van der Waals surface area contributed by atoms with Crippen LogP contribution in [0.3, 0.4) is 0 Å². The van der Waals surface area contributed by atoms with E-state index in [9.17, 15) is 9.59 Å². The molecule has 0 saturated carbocycles. The van der Waals surface area contributed by atoms with E-state index in [0.717, 1.165) is 11.3 Å². The van der Waals surface area contributed by atoms with Gasteiger partial charge in [-0.2, -0.15) is 5.10 Å². The lowest BCUT2D eigenvalue weighted by Crippen LogP contribution is -2.32. The summed E-state index contributed by atoms with van der Waals surface area (Å²) < 4.78 is 12.6. The number of carbonyl (C=O) groups is 2. The molecule has 0 fully saturated rings. The topological polar surface area (TPSA) is 82.5 Å². The Bertz CT molecular complexity index is 1250. The van der Waals surface area contributed by atoms with Crippen LogP contribution < -0.4 is 5.32 Å². The fourth-order valence-corrected chi connectivity index (χ4v) is 4.40. The minimum atomic E-state index is -0.720. The summed E-state index contributed by atoms with van der Waals surface area (Å²) in [6.45, 7) is 7.58. The van der Waals surface area contributed by atoms with Crippen LogP contribution in [-0.4, -0.2) is 34.9 Å². The number of nitrogens with one attached hydrogen (secondary N) is 1. The lowest BCUT2D eigenvalue weighted by atomic mass is 9.79. The zero-order valence-corrected chi connectivity index (χ0v) is 20.4. The van der Waals surface area contributed by atoms with Gasteiger partial charge in [0.1, 0.15) is 0 Å². The lowest BCUT2D eigenvalue weighted by molar-refractivity contribution is -0.139. The van der Waals surface area contributed by atoms with E-state index >= 15 is 0 Å². The van der Waals surface area contributed by atoms with Crippen molar-refractivity contribution in [2.45, 2.75) is 33.6 Å². The normalized spacial score (nSPS) is 14.1. The van der Waals surface area contributed by atoms with Crippen molar-refractivity contribution in [1.29, 1.82) is 0 Å². The van der Waals surface area contributed by atoms with Crippen LogP contribution in [-0.2, 0) is 19.1 Å². The average molecular weight is 472 g/mol. The Kier molecular flexibility index (Phi) is 7.15. The van der Waals surface area contributed by atoms with E-state index in [-0.39, 0.29) is 13.2 Å². The summed E-state index contributed by atoms with van der Waals surface area (Å²) in [5.74, 6) is -1.69. The third kappa shape index (κ3) is 4.75. The van der Waals surface area contributed by atoms with Crippen LogP contribution in [0.2, 0.25) is 0 Å². The molecule has 1 aliphatic rings. The number of dihydropyridines is 1. The second-order valence-electron chi connectivity index (χ2n) is 8.16. The molecular formula is C28H29N3O4. The van der Waals surface area contributed by atoms with Gasteiger partial charge in [-0.15, -0.1) is 0 Å². The van der Waals surface area contributed by atoms with Gasteiger partial charge in [0, 0.05) is 28.7 Å². The van der Waals surface area contributed by atoms with Crippen molar-refractivity contribution in [1.82, 2.24) is 15.1 Å². The summed E-state index contributed by atoms with van der Waals surface area (Å²) in [6.07, 6.45) is 1.88. The number of ether oxygens (including phenoxy) is 2. The molecule has 0 radical (unpaired) electrons. The molecule has 0 saturated heterocycles. The van der Waals surface area contributed by atoms with E-state index in [1.807, 2.05) is 80.7 Å². The van der Waals surface area contributed by atoms with Crippen LogP contribution in [0.4, 0.5) is 0 Å². The summed E-state index contributed by atoms with van der Waals surface area (Å²) in [7, 11) is 0. The second-order valence-corrected chi connectivity index (χ2v) is 8.16. The van der Waals surface area contributed by atoms with E-state index in [2.05, 4.69) is 5.32 Å². The highest BCUT2D eigenvalue weighted by Crippen LogP contribution is 2.43. The zero-order chi connectivity index (χ0) is 24.9. The zero-order valence-electron chi connectivity index (χ0n) is 20.4. The number of hydrogen-bond donors (Lipinski definition) is 1. The standard InChI is InChI=1S/C28H29N3O4/c1-5-34-27(32)23-18(3)29-19(4)24(28(33)35-6-2)25(23)22-17-31(21-15-11-8-12-16-21)30-26(22)20-13-9-7-10-14-20/h7-17,25,29H,5-6H2,1-4H3. The van der Waals surface area contributed by atoms with Crippen molar-refractivity contribution in [3.05, 3.63) is 95.0 Å². The number of benzene rings is 2. The molecule has 0 amide bonds. The van der Waals surface area contributed by atoms with Crippen molar-refractivity contribution in [3.63, 3.8) is 0 Å². The third-order valence-corrected chi connectivity index (χ3v) is 5.87. The summed E-state index contributed by atoms with van der Waals surface area (Å²) in [5.41, 5.74) is 5.11. The summed E-state index contributed by atoms with van der Waals surface area (Å²) >= 11 is 0. The first-order valence-electron chi connectivity index (χ1n) is 11.7. The fraction of sp³-hybridized carbons (Fsp3) is 0.250. The highest BCUT2D eigenvalue weighted by Gasteiger charge is 2.40. The Hall–Kier alpha value is -4.13. The van der Waals surface area contributed by atoms with Crippen molar-refractivity contribution >= 4 is 11.9 Å². The van der Waals surface area contributed by atoms with E-state index in [1.165, 1.54) is 0 Å². The van der Waals surface area contributed by atoms with E-state index in [0.29, 0.717) is 33.8 Å². The molecular weight excluding hydrogens is 442 g/mol. The molecule has 1 aliphatic heterocycles. The largest absolute Gasteiger partial charge is 0.463 e. The van der Waals surface area contributed by atoms with Crippen molar-refractivity contribution in [3.8, 4) is 16.9 Å². The number of para-hydroxylation sites is 1. The van der Waals surface area contributed by atoms with Gasteiger partial charge in [-0.05, 0) is 39.8 Å². The number of hydrogen-bond acceptors (Lipinski definition) is 6. The molecule has 3 aromatic rings. The molecule has 7 nitrogen and oxygen atoms in total. The van der Waals surface area contributed by atoms with Gasteiger partial charge in [0.15, 0.2) is 0 Å². The summed E-state index contributed by atoms with van der Waals surface area (Å²) in [6, 6.07) is 19.4. The number of nitrogens with zero attached hydrogens (tertiary/aromatic N) is 2. The van der Waals surface area contributed by atoms with Crippen LogP contribution in [0.1, 0.15) is 39.2 Å². The van der Waals surface area contributed by atoms with E-state index < -0.39 is 17.9 Å². The van der Waals surface area contributed by atoms with Crippen molar-refractivity contribution < 1.29 is 19.1 Å². The third-order valence-electron chi connectivity index (χ3n) is 5.87. The SMILES string of the molecule is CCOC(=O)C1=C(C)NC(C)=C(C(=O)OCC)C1c1cn(-c2ccccc2)nc1-c1ccccc1. The molecule has 0 aliphatic carbocycles. The molecule has 0 bridgehead atoms. The Morgan fingerprint density at radius 1 is 0.857 bits per heavy atom. The molecule has 35 heavy (non-hydrogen) atoms. The number of rotatable bonds is 7. The quantitative estimate of drug-likeness (QED) is 0.494. The number of allylic oxidation sites excluding steroid dienone is 2. The summed E-state index contributed by atoms with van der Waals surface area (Å²) in [5, 5.41) is 8.09. The maximum Gasteiger partial charge on any atom is 0.336 e. The highest BCUT2D eigenvalue weighted by atomic mass is 16.5. The molecule has 4 rings (SSSR count). The van der Waals surface area contributed by atoms with E-state index in [4.69, 9.17) is 14.6 Å². The number of carbonyl (C=O) groups excluding carboxylic acids is 2. The molecule has 0 atom stereocenters. The molecule has 180 valence electrons. The molecule has 1 aromatic heterocycles. The maximum absolute atomic E-state index is 13.2. The Labute approximate surface area is 205 Å². The number of esters is 2. The summed E-state index contributed by atoms with van der Waals surface area (Å²) in [4.78, 5) is 26.5. The maximum atomic E-state index is 13.2. The van der Waals surface area contributed by atoms with Crippen LogP contribution in [0, 0.1) is 0 Å². The predicted molar refractivity (Wildman–Crippen MR) is 134 cm³/mol. The van der Waals surface area contributed by atoms with Gasteiger partial charge in [0.25, 0.3) is 0 Å². The first kappa shape index (κ1) is 24.0. The first-order valence-corrected chi connectivity index (χ1v) is 11.7. The van der Waals surface area contributed by atoms with Crippen LogP contribution >= 0.6 is 0 Å². The minimum Gasteiger partial charge on any atom is -0.463 e. The Morgan fingerprint density at radius 2 is 1.37 bits per heavy atom. The molecule has 2 heterocycles. The highest BCUT2D eigenvalue weighted by molar-refractivity contribution is 6.00. The molecule has 7 heteroatoms. The van der Waals surface area contributed by atoms with Crippen LogP contribution in [0.25, 0.3) is 16.9 Å². The van der Waals surface area contributed by atoms with Gasteiger partial charge < -0.3 is 14.8 Å².